The van der Waals surface area contributed by atoms with Crippen molar-refractivity contribution in [2.75, 3.05) is 31.5 Å². The van der Waals surface area contributed by atoms with Gasteiger partial charge in [-0.3, -0.25) is 9.69 Å². The summed E-state index contributed by atoms with van der Waals surface area (Å²) in [6.07, 6.45) is 3.84. The SMILES string of the molecule is CCN(CC)Cc1cccc(NC(=O)CCc2ccc(S(=O)(=O)N3CCCCC3)cc2)c1. The van der Waals surface area contributed by atoms with Crippen LogP contribution in [0.25, 0.3) is 0 Å². The first kappa shape index (κ1) is 24.4. The van der Waals surface area contributed by atoms with E-state index in [0.717, 1.165) is 50.1 Å². The van der Waals surface area contributed by atoms with E-state index in [-0.39, 0.29) is 5.91 Å². The average molecular weight is 458 g/mol. The van der Waals surface area contributed by atoms with Crippen molar-refractivity contribution in [3.8, 4) is 0 Å². The van der Waals surface area contributed by atoms with Crippen LogP contribution in [-0.2, 0) is 27.8 Å². The number of nitrogens with one attached hydrogen (secondary N) is 1. The van der Waals surface area contributed by atoms with Gasteiger partial charge < -0.3 is 5.32 Å². The second-order valence-corrected chi connectivity index (χ2v) is 10.3. The van der Waals surface area contributed by atoms with Gasteiger partial charge in [0.1, 0.15) is 0 Å². The Balaban J connectivity index is 1.53. The number of aryl methyl sites for hydroxylation is 1. The molecule has 0 spiro atoms. The van der Waals surface area contributed by atoms with Crippen molar-refractivity contribution in [1.82, 2.24) is 9.21 Å². The van der Waals surface area contributed by atoms with E-state index >= 15 is 0 Å². The van der Waals surface area contributed by atoms with Gasteiger partial charge in [0.25, 0.3) is 0 Å². The van der Waals surface area contributed by atoms with Gasteiger partial charge in [0, 0.05) is 31.7 Å². The van der Waals surface area contributed by atoms with Crippen molar-refractivity contribution in [2.24, 2.45) is 0 Å². The number of amides is 1. The molecule has 2 aromatic rings. The van der Waals surface area contributed by atoms with Crippen LogP contribution in [0.4, 0.5) is 5.69 Å². The zero-order valence-corrected chi connectivity index (χ0v) is 20.0. The molecule has 0 aromatic heterocycles. The summed E-state index contributed by atoms with van der Waals surface area (Å²) < 4.78 is 27.1. The van der Waals surface area contributed by atoms with E-state index in [0.29, 0.717) is 30.8 Å². The Morgan fingerprint density at radius 3 is 2.31 bits per heavy atom. The molecule has 1 heterocycles. The third kappa shape index (κ3) is 6.64. The van der Waals surface area contributed by atoms with Gasteiger partial charge in [-0.1, -0.05) is 44.5 Å². The molecule has 0 unspecified atom stereocenters. The summed E-state index contributed by atoms with van der Waals surface area (Å²) in [5, 5.41) is 2.98. The number of nitrogens with zero attached hydrogens (tertiary/aromatic N) is 2. The zero-order chi connectivity index (χ0) is 23.0. The number of rotatable bonds is 10. The van der Waals surface area contributed by atoms with Gasteiger partial charge in [-0.05, 0) is 67.7 Å². The second kappa shape index (κ2) is 11.6. The number of sulfonamides is 1. The predicted octanol–water partition coefficient (Wildman–Crippen LogP) is 4.27. The minimum absolute atomic E-state index is 0.0463. The van der Waals surface area contributed by atoms with Crippen LogP contribution in [0.15, 0.2) is 53.4 Å². The number of carbonyl (C=O) groups is 1. The van der Waals surface area contributed by atoms with E-state index in [9.17, 15) is 13.2 Å². The van der Waals surface area contributed by atoms with Crippen LogP contribution in [0.5, 0.6) is 0 Å². The molecule has 0 saturated carbocycles. The highest BCUT2D eigenvalue weighted by Crippen LogP contribution is 2.21. The van der Waals surface area contributed by atoms with Gasteiger partial charge in [-0.15, -0.1) is 0 Å². The first-order valence-electron chi connectivity index (χ1n) is 11.6. The van der Waals surface area contributed by atoms with Crippen LogP contribution < -0.4 is 5.32 Å². The Labute approximate surface area is 192 Å². The lowest BCUT2D eigenvalue weighted by Crippen LogP contribution is -2.35. The Bertz CT molecular complexity index is 980. The summed E-state index contributed by atoms with van der Waals surface area (Å²) in [6.45, 7) is 8.33. The van der Waals surface area contributed by atoms with Gasteiger partial charge in [-0.25, -0.2) is 8.42 Å². The number of benzene rings is 2. The van der Waals surface area contributed by atoms with Crippen LogP contribution in [-0.4, -0.2) is 49.7 Å². The van der Waals surface area contributed by atoms with Crippen LogP contribution >= 0.6 is 0 Å². The normalized spacial score (nSPS) is 15.1. The van der Waals surface area contributed by atoms with Crippen molar-refractivity contribution >= 4 is 21.6 Å². The highest BCUT2D eigenvalue weighted by Gasteiger charge is 2.25. The van der Waals surface area contributed by atoms with E-state index < -0.39 is 10.0 Å². The topological polar surface area (TPSA) is 69.7 Å². The third-order valence-corrected chi connectivity index (χ3v) is 7.94. The van der Waals surface area contributed by atoms with Crippen LogP contribution in [0.1, 0.15) is 50.7 Å². The monoisotopic (exact) mass is 457 g/mol. The molecule has 0 aliphatic carbocycles. The Morgan fingerprint density at radius 1 is 0.969 bits per heavy atom. The molecule has 1 amide bonds. The van der Waals surface area contributed by atoms with Crippen molar-refractivity contribution < 1.29 is 13.2 Å². The number of hydrogen-bond acceptors (Lipinski definition) is 4. The lowest BCUT2D eigenvalue weighted by atomic mass is 10.1. The zero-order valence-electron chi connectivity index (χ0n) is 19.2. The summed E-state index contributed by atoms with van der Waals surface area (Å²) >= 11 is 0. The molecule has 1 saturated heterocycles. The molecule has 0 radical (unpaired) electrons. The van der Waals surface area contributed by atoms with Crippen molar-refractivity contribution in [1.29, 1.82) is 0 Å². The molecule has 1 aliphatic heterocycles. The van der Waals surface area contributed by atoms with Crippen LogP contribution in [0.2, 0.25) is 0 Å². The molecule has 1 aliphatic rings. The van der Waals surface area contributed by atoms with Gasteiger partial charge in [0.15, 0.2) is 0 Å². The van der Waals surface area contributed by atoms with Gasteiger partial charge in [0.2, 0.25) is 15.9 Å². The van der Waals surface area contributed by atoms with E-state index in [4.69, 9.17) is 0 Å². The number of carbonyl (C=O) groups excluding carboxylic acids is 1. The molecule has 174 valence electrons. The summed E-state index contributed by atoms with van der Waals surface area (Å²) in [5.41, 5.74) is 2.94. The highest BCUT2D eigenvalue weighted by atomic mass is 32.2. The van der Waals surface area contributed by atoms with Crippen molar-refractivity contribution in [2.45, 2.75) is 57.4 Å². The van der Waals surface area contributed by atoms with E-state index in [1.807, 2.05) is 30.3 Å². The smallest absolute Gasteiger partial charge is 0.243 e. The molecule has 0 atom stereocenters. The van der Waals surface area contributed by atoms with Crippen molar-refractivity contribution in [3.63, 3.8) is 0 Å². The predicted molar refractivity (Wildman–Crippen MR) is 129 cm³/mol. The lowest BCUT2D eigenvalue weighted by molar-refractivity contribution is -0.116. The molecule has 1 fully saturated rings. The fourth-order valence-electron chi connectivity index (χ4n) is 4.02. The second-order valence-electron chi connectivity index (χ2n) is 8.32. The molecule has 2 aromatic carbocycles. The van der Waals surface area contributed by atoms with Crippen LogP contribution in [0.3, 0.4) is 0 Å². The van der Waals surface area contributed by atoms with Crippen LogP contribution in [0, 0.1) is 0 Å². The maximum absolute atomic E-state index is 12.8. The van der Waals surface area contributed by atoms with Gasteiger partial charge in [-0.2, -0.15) is 4.31 Å². The molecule has 1 N–H and O–H groups in total. The summed E-state index contributed by atoms with van der Waals surface area (Å²) in [6, 6.07) is 14.9. The first-order chi connectivity index (χ1) is 15.4. The highest BCUT2D eigenvalue weighted by molar-refractivity contribution is 7.89. The molecule has 7 heteroatoms. The molecule has 32 heavy (non-hydrogen) atoms. The standard InChI is InChI=1S/C25H35N3O3S/c1-3-27(4-2)20-22-9-8-10-23(19-22)26-25(29)16-13-21-11-14-24(15-12-21)32(30,31)28-17-6-5-7-18-28/h8-12,14-15,19H,3-7,13,16-18,20H2,1-2H3,(H,26,29). The Morgan fingerprint density at radius 2 is 1.66 bits per heavy atom. The molecule has 6 nitrogen and oxygen atoms in total. The quantitative estimate of drug-likeness (QED) is 0.578. The Kier molecular flexibility index (Phi) is 8.84. The average Bonchev–Trinajstić information content (AvgIpc) is 2.82. The van der Waals surface area contributed by atoms with E-state index in [1.54, 1.807) is 16.4 Å². The Hall–Kier alpha value is -2.22. The number of hydrogen-bond donors (Lipinski definition) is 1. The van der Waals surface area contributed by atoms with Crippen molar-refractivity contribution in [3.05, 3.63) is 59.7 Å². The summed E-state index contributed by atoms with van der Waals surface area (Å²) in [7, 11) is -3.42. The minimum atomic E-state index is -3.42. The molecule has 0 bridgehead atoms. The number of anilines is 1. The first-order valence-corrected chi connectivity index (χ1v) is 13.1. The van der Waals surface area contributed by atoms with Gasteiger partial charge >= 0.3 is 0 Å². The minimum Gasteiger partial charge on any atom is -0.326 e. The molecule has 3 rings (SSSR count). The van der Waals surface area contributed by atoms with E-state index in [2.05, 4.69) is 30.1 Å². The maximum atomic E-state index is 12.8. The largest absolute Gasteiger partial charge is 0.326 e. The summed E-state index contributed by atoms with van der Waals surface area (Å²) in [4.78, 5) is 15.1. The fraction of sp³-hybridized carbons (Fsp3) is 0.480. The fourth-order valence-corrected chi connectivity index (χ4v) is 5.53. The third-order valence-electron chi connectivity index (χ3n) is 6.03. The lowest BCUT2D eigenvalue weighted by Gasteiger charge is -2.25. The van der Waals surface area contributed by atoms with E-state index in [1.165, 1.54) is 5.56 Å². The van der Waals surface area contributed by atoms with Gasteiger partial charge in [0.05, 0.1) is 4.90 Å². The summed E-state index contributed by atoms with van der Waals surface area (Å²) in [5.74, 6) is -0.0463. The number of piperidine rings is 1. The molecular formula is C25H35N3O3S. The maximum Gasteiger partial charge on any atom is 0.243 e. The molecular weight excluding hydrogens is 422 g/mol.